The molecule has 1 N–H and O–H groups in total. The van der Waals surface area contributed by atoms with Crippen LogP contribution in [0.1, 0.15) is 30.7 Å². The monoisotopic (exact) mass is 375 g/mol. The maximum atomic E-state index is 12.1. The van der Waals surface area contributed by atoms with Gasteiger partial charge in [-0.05, 0) is 28.9 Å². The van der Waals surface area contributed by atoms with Gasteiger partial charge in [0.25, 0.3) is 0 Å². The lowest BCUT2D eigenvalue weighted by molar-refractivity contribution is -0.122. The summed E-state index contributed by atoms with van der Waals surface area (Å²) in [5.74, 6) is 1.14. The van der Waals surface area contributed by atoms with E-state index < -0.39 is 0 Å². The third-order valence-electron chi connectivity index (χ3n) is 3.13. The van der Waals surface area contributed by atoms with Crippen LogP contribution in [0.3, 0.4) is 0 Å². The first-order chi connectivity index (χ1) is 8.83. The Bertz CT molecular complexity index is 411. The number of thioether (sulfide) groups is 1. The molecule has 0 bridgehead atoms. The number of rotatable bonds is 6. The third kappa shape index (κ3) is 3.63. The summed E-state index contributed by atoms with van der Waals surface area (Å²) in [5.41, 5.74) is 1.20. The fourth-order valence-electron chi connectivity index (χ4n) is 2.11. The second kappa shape index (κ2) is 7.38. The lowest BCUT2D eigenvalue weighted by atomic mass is 10.0. The fraction of sp³-hybridized carbons (Fsp3) is 0.500. The Hall–Kier alpha value is -0.230. The second-order valence-corrected chi connectivity index (χ2v) is 6.58. The van der Waals surface area contributed by atoms with E-state index in [1.165, 1.54) is 27.7 Å². The van der Waals surface area contributed by atoms with Gasteiger partial charge < -0.3 is 5.32 Å². The van der Waals surface area contributed by atoms with E-state index in [9.17, 15) is 4.79 Å². The van der Waals surface area contributed by atoms with Gasteiger partial charge in [-0.15, -0.1) is 11.8 Å². The molecule has 0 saturated heterocycles. The first-order valence-electron chi connectivity index (χ1n) is 6.38. The summed E-state index contributed by atoms with van der Waals surface area (Å²) in [6, 6.07) is 8.24. The summed E-state index contributed by atoms with van der Waals surface area (Å²) in [6.45, 7) is 0.818. The van der Waals surface area contributed by atoms with Crippen LogP contribution in [0.5, 0.6) is 0 Å². The zero-order valence-electron chi connectivity index (χ0n) is 10.3. The number of hydrogen-bond acceptors (Lipinski definition) is 2. The van der Waals surface area contributed by atoms with Crippen LogP contribution in [0.2, 0.25) is 0 Å². The second-order valence-electron chi connectivity index (χ2n) is 4.44. The van der Waals surface area contributed by atoms with E-state index in [1.807, 2.05) is 12.1 Å². The zero-order valence-corrected chi connectivity index (χ0v) is 13.3. The smallest absolute Gasteiger partial charge is 0.228 e. The van der Waals surface area contributed by atoms with Gasteiger partial charge in [0.2, 0.25) is 5.91 Å². The number of benzene rings is 1. The lowest BCUT2D eigenvalue weighted by Gasteiger charge is -2.11. The molecule has 18 heavy (non-hydrogen) atoms. The molecule has 1 aliphatic rings. The number of amides is 1. The van der Waals surface area contributed by atoms with Crippen LogP contribution in [-0.4, -0.2) is 22.6 Å². The van der Waals surface area contributed by atoms with Crippen molar-refractivity contribution in [3.8, 4) is 0 Å². The largest absolute Gasteiger partial charge is 0.356 e. The van der Waals surface area contributed by atoms with Crippen molar-refractivity contribution in [2.75, 3.05) is 16.7 Å². The van der Waals surface area contributed by atoms with Crippen molar-refractivity contribution in [2.45, 2.75) is 30.1 Å². The maximum absolute atomic E-state index is 12.1. The molecule has 1 aromatic rings. The van der Waals surface area contributed by atoms with Crippen molar-refractivity contribution in [2.24, 2.45) is 0 Å². The molecule has 1 aliphatic heterocycles. The van der Waals surface area contributed by atoms with E-state index in [0.29, 0.717) is 0 Å². The molecule has 1 amide bonds. The zero-order chi connectivity index (χ0) is 12.8. The summed E-state index contributed by atoms with van der Waals surface area (Å²) in [5, 5.41) is 3.07. The number of alkyl halides is 1. The van der Waals surface area contributed by atoms with Crippen LogP contribution in [-0.2, 0) is 4.79 Å². The predicted molar refractivity (Wildman–Crippen MR) is 85.7 cm³/mol. The van der Waals surface area contributed by atoms with E-state index >= 15 is 0 Å². The van der Waals surface area contributed by atoms with Gasteiger partial charge in [0.1, 0.15) is 0 Å². The van der Waals surface area contributed by atoms with Crippen LogP contribution in [0.25, 0.3) is 0 Å². The minimum Gasteiger partial charge on any atom is -0.356 e. The summed E-state index contributed by atoms with van der Waals surface area (Å²) in [6.07, 6.45) is 3.55. The Balaban J connectivity index is 1.80. The summed E-state index contributed by atoms with van der Waals surface area (Å²) < 4.78 is 1.21. The van der Waals surface area contributed by atoms with Crippen molar-refractivity contribution in [1.29, 1.82) is 0 Å². The number of carbonyl (C=O) groups is 1. The first kappa shape index (κ1) is 14.2. The van der Waals surface area contributed by atoms with Gasteiger partial charge in [-0.2, -0.15) is 0 Å². The highest BCUT2D eigenvalue weighted by Crippen LogP contribution is 2.39. The Morgan fingerprint density at radius 3 is 3.00 bits per heavy atom. The molecule has 2 nitrogen and oxygen atoms in total. The summed E-state index contributed by atoms with van der Waals surface area (Å²) in [7, 11) is 0. The van der Waals surface area contributed by atoms with Crippen LogP contribution in [0, 0.1) is 0 Å². The standard InChI is InChI=1S/C14H18INOS/c15-8-4-1-5-9-16-14(17)12-10-18-13-7-3-2-6-11(12)13/h2-3,6-7,12H,1,4-5,8-10H2,(H,16,17). The molecular weight excluding hydrogens is 357 g/mol. The molecular formula is C14H18INOS. The molecule has 0 aromatic heterocycles. The number of carbonyl (C=O) groups excluding carboxylic acids is 1. The van der Waals surface area contributed by atoms with E-state index in [0.717, 1.165) is 18.7 Å². The maximum Gasteiger partial charge on any atom is 0.228 e. The summed E-state index contributed by atoms with van der Waals surface area (Å²) in [4.78, 5) is 13.4. The van der Waals surface area contributed by atoms with Crippen molar-refractivity contribution in [1.82, 2.24) is 5.32 Å². The van der Waals surface area contributed by atoms with Gasteiger partial charge in [0.15, 0.2) is 0 Å². The highest BCUT2D eigenvalue weighted by Gasteiger charge is 2.28. The van der Waals surface area contributed by atoms with E-state index in [1.54, 1.807) is 11.8 Å². The highest BCUT2D eigenvalue weighted by atomic mass is 127. The van der Waals surface area contributed by atoms with Crippen molar-refractivity contribution in [3.63, 3.8) is 0 Å². The normalized spacial score (nSPS) is 17.5. The predicted octanol–water partition coefficient (Wildman–Crippen LogP) is 3.60. The molecule has 2 rings (SSSR count). The van der Waals surface area contributed by atoms with E-state index in [-0.39, 0.29) is 11.8 Å². The lowest BCUT2D eigenvalue weighted by Crippen LogP contribution is -2.30. The van der Waals surface area contributed by atoms with Crippen LogP contribution >= 0.6 is 34.4 Å². The van der Waals surface area contributed by atoms with Gasteiger partial charge in [-0.3, -0.25) is 4.79 Å². The van der Waals surface area contributed by atoms with Gasteiger partial charge in [0, 0.05) is 17.2 Å². The molecule has 1 atom stereocenters. The molecule has 0 aliphatic carbocycles. The minimum absolute atomic E-state index is 0.0516. The number of fused-ring (bicyclic) bond motifs is 1. The minimum atomic E-state index is 0.0516. The third-order valence-corrected chi connectivity index (χ3v) is 5.07. The van der Waals surface area contributed by atoms with E-state index in [2.05, 4.69) is 40.0 Å². The fourth-order valence-corrected chi connectivity index (χ4v) is 3.88. The Morgan fingerprint density at radius 2 is 2.17 bits per heavy atom. The molecule has 0 radical (unpaired) electrons. The van der Waals surface area contributed by atoms with Gasteiger partial charge in [0.05, 0.1) is 5.92 Å². The first-order valence-corrected chi connectivity index (χ1v) is 8.89. The van der Waals surface area contributed by atoms with Crippen molar-refractivity contribution in [3.05, 3.63) is 29.8 Å². The Labute approximate surface area is 126 Å². The molecule has 0 spiro atoms. The SMILES string of the molecule is O=C(NCCCCCI)C1CSc2ccccc21. The Kier molecular flexibility index (Phi) is 5.82. The molecule has 98 valence electrons. The van der Waals surface area contributed by atoms with Crippen LogP contribution in [0.15, 0.2) is 29.2 Å². The van der Waals surface area contributed by atoms with Crippen LogP contribution < -0.4 is 5.32 Å². The number of nitrogens with one attached hydrogen (secondary N) is 1. The quantitative estimate of drug-likeness (QED) is 0.468. The van der Waals surface area contributed by atoms with Crippen molar-refractivity contribution < 1.29 is 4.79 Å². The number of halogens is 1. The number of unbranched alkanes of at least 4 members (excludes halogenated alkanes) is 2. The van der Waals surface area contributed by atoms with Gasteiger partial charge >= 0.3 is 0 Å². The average Bonchev–Trinajstić information content (AvgIpc) is 2.82. The highest BCUT2D eigenvalue weighted by molar-refractivity contribution is 14.1. The Morgan fingerprint density at radius 1 is 1.33 bits per heavy atom. The molecule has 0 saturated carbocycles. The number of hydrogen-bond donors (Lipinski definition) is 1. The van der Waals surface area contributed by atoms with Gasteiger partial charge in [-0.25, -0.2) is 0 Å². The molecule has 0 fully saturated rings. The molecule has 1 aromatic carbocycles. The van der Waals surface area contributed by atoms with E-state index in [4.69, 9.17) is 0 Å². The van der Waals surface area contributed by atoms with Gasteiger partial charge in [-0.1, -0.05) is 47.2 Å². The van der Waals surface area contributed by atoms with Crippen molar-refractivity contribution >= 4 is 40.3 Å². The summed E-state index contributed by atoms with van der Waals surface area (Å²) >= 11 is 4.18. The van der Waals surface area contributed by atoms with Crippen LogP contribution in [0.4, 0.5) is 0 Å². The molecule has 1 unspecified atom stereocenters. The average molecular weight is 375 g/mol. The molecule has 4 heteroatoms. The topological polar surface area (TPSA) is 29.1 Å². The molecule has 1 heterocycles.